The van der Waals surface area contributed by atoms with Crippen molar-refractivity contribution in [1.29, 1.82) is 0 Å². The molecule has 2 aliphatic rings. The Bertz CT molecular complexity index is 1130. The maximum atomic E-state index is 12.9. The van der Waals surface area contributed by atoms with E-state index in [1.807, 2.05) is 35.4 Å². The van der Waals surface area contributed by atoms with Gasteiger partial charge in [0.2, 0.25) is 5.91 Å². The zero-order valence-electron chi connectivity index (χ0n) is 18.4. The highest BCUT2D eigenvalue weighted by atomic mass is 35.5. The summed E-state index contributed by atoms with van der Waals surface area (Å²) in [6.07, 6.45) is 4.86. The zero-order chi connectivity index (χ0) is 22.2. The fraction of sp³-hybridized carbons (Fsp3) is 0.440. The highest BCUT2D eigenvalue weighted by molar-refractivity contribution is 6.33. The summed E-state index contributed by atoms with van der Waals surface area (Å²) in [5.41, 5.74) is 4.94. The first kappa shape index (κ1) is 21.3. The molecule has 0 saturated carbocycles. The van der Waals surface area contributed by atoms with Gasteiger partial charge in [-0.2, -0.15) is 0 Å². The van der Waals surface area contributed by atoms with Gasteiger partial charge in [-0.25, -0.2) is 4.98 Å². The molecule has 2 aliphatic heterocycles. The zero-order valence-corrected chi connectivity index (χ0v) is 19.1. The van der Waals surface area contributed by atoms with Crippen LogP contribution in [0.25, 0.3) is 16.9 Å². The van der Waals surface area contributed by atoms with Crippen LogP contribution in [-0.4, -0.2) is 57.6 Å². The number of benzene rings is 1. The van der Waals surface area contributed by atoms with E-state index in [2.05, 4.69) is 28.4 Å². The summed E-state index contributed by atoms with van der Waals surface area (Å²) in [5.74, 6) is 0.336. The van der Waals surface area contributed by atoms with E-state index in [4.69, 9.17) is 16.6 Å². The van der Waals surface area contributed by atoms with E-state index < -0.39 is 0 Å². The Hall–Kier alpha value is -2.57. The molecule has 0 atom stereocenters. The lowest BCUT2D eigenvalue weighted by atomic mass is 9.93. The molecular formula is C25H29ClN4O2. The first-order valence-electron chi connectivity index (χ1n) is 11.5. The van der Waals surface area contributed by atoms with Crippen LogP contribution in [0.1, 0.15) is 31.4 Å². The number of anilines is 1. The van der Waals surface area contributed by atoms with Gasteiger partial charge in [-0.05, 0) is 62.9 Å². The molecule has 168 valence electrons. The standard InChI is InChI=1S/C25H29ClN4O2/c1-17-24(27-23-4-2-3-11-30(17)23)21-16-19(5-6-22(21)26)28-12-7-18(8-13-28)25(32)29-14-9-20(31)10-15-29/h2-6,11,16,18,20,31H,7-10,12-15H2,1H3. The van der Waals surface area contributed by atoms with Crippen molar-refractivity contribution in [2.24, 2.45) is 5.92 Å². The third-order valence-electron chi connectivity index (χ3n) is 6.96. The number of carbonyl (C=O) groups excluding carboxylic acids is 1. The van der Waals surface area contributed by atoms with Crippen molar-refractivity contribution < 1.29 is 9.90 Å². The number of aliphatic hydroxyl groups is 1. The van der Waals surface area contributed by atoms with Crippen LogP contribution in [0.4, 0.5) is 5.69 Å². The number of rotatable bonds is 3. The first-order chi connectivity index (χ1) is 15.5. The SMILES string of the molecule is Cc1c(-c2cc(N3CCC(C(=O)N4CCC(O)CC4)CC3)ccc2Cl)nc2ccccn12. The van der Waals surface area contributed by atoms with Crippen molar-refractivity contribution >= 4 is 28.8 Å². The summed E-state index contributed by atoms with van der Waals surface area (Å²) in [7, 11) is 0. The largest absolute Gasteiger partial charge is 0.393 e. The van der Waals surface area contributed by atoms with Crippen LogP contribution in [-0.2, 0) is 4.79 Å². The molecule has 0 bridgehead atoms. The number of aryl methyl sites for hydroxylation is 1. The average Bonchev–Trinajstić information content (AvgIpc) is 3.16. The Morgan fingerprint density at radius 3 is 2.53 bits per heavy atom. The summed E-state index contributed by atoms with van der Waals surface area (Å²) in [5, 5.41) is 10.4. The molecule has 0 aliphatic carbocycles. The van der Waals surface area contributed by atoms with Crippen LogP contribution in [0.2, 0.25) is 5.02 Å². The van der Waals surface area contributed by atoms with E-state index in [1.54, 1.807) is 0 Å². The predicted molar refractivity (Wildman–Crippen MR) is 127 cm³/mol. The summed E-state index contributed by atoms with van der Waals surface area (Å²) >= 11 is 6.59. The summed E-state index contributed by atoms with van der Waals surface area (Å²) < 4.78 is 2.08. The van der Waals surface area contributed by atoms with Gasteiger partial charge in [-0.3, -0.25) is 4.79 Å². The number of hydrogen-bond acceptors (Lipinski definition) is 4. The minimum atomic E-state index is -0.253. The van der Waals surface area contributed by atoms with Gasteiger partial charge in [0.1, 0.15) is 5.65 Å². The molecule has 4 heterocycles. The van der Waals surface area contributed by atoms with Gasteiger partial charge >= 0.3 is 0 Å². The molecule has 1 aromatic carbocycles. The quantitative estimate of drug-likeness (QED) is 0.648. The number of amides is 1. The fourth-order valence-electron chi connectivity index (χ4n) is 4.99. The fourth-order valence-corrected chi connectivity index (χ4v) is 5.20. The van der Waals surface area contributed by atoms with Gasteiger partial charge < -0.3 is 19.3 Å². The molecular weight excluding hydrogens is 424 g/mol. The average molecular weight is 453 g/mol. The topological polar surface area (TPSA) is 61.1 Å². The lowest BCUT2D eigenvalue weighted by Gasteiger charge is -2.37. The van der Waals surface area contributed by atoms with Crippen LogP contribution < -0.4 is 4.90 Å². The summed E-state index contributed by atoms with van der Waals surface area (Å²) in [6, 6.07) is 12.1. The number of nitrogens with zero attached hydrogens (tertiary/aromatic N) is 4. The molecule has 3 aromatic rings. The van der Waals surface area contributed by atoms with Gasteiger partial charge in [0, 0.05) is 55.2 Å². The van der Waals surface area contributed by atoms with E-state index in [9.17, 15) is 9.90 Å². The third kappa shape index (κ3) is 3.97. The van der Waals surface area contributed by atoms with E-state index in [1.165, 1.54) is 0 Å². The second kappa shape index (κ2) is 8.75. The molecule has 6 nitrogen and oxygen atoms in total. The van der Waals surface area contributed by atoms with Crippen molar-refractivity contribution in [3.05, 3.63) is 53.3 Å². The molecule has 2 aromatic heterocycles. The maximum Gasteiger partial charge on any atom is 0.225 e. The maximum absolute atomic E-state index is 12.9. The number of imidazole rings is 1. The number of carbonyl (C=O) groups is 1. The van der Waals surface area contributed by atoms with Gasteiger partial charge in [-0.1, -0.05) is 17.7 Å². The molecule has 0 radical (unpaired) electrons. The number of pyridine rings is 1. The van der Waals surface area contributed by atoms with Gasteiger partial charge in [0.25, 0.3) is 0 Å². The number of piperidine rings is 2. The minimum absolute atomic E-state index is 0.0777. The number of hydrogen-bond donors (Lipinski definition) is 1. The Labute approximate surface area is 193 Å². The second-order valence-electron chi connectivity index (χ2n) is 8.96. The van der Waals surface area contributed by atoms with Gasteiger partial charge in [-0.15, -0.1) is 0 Å². The Balaban J connectivity index is 1.31. The molecule has 1 amide bonds. The molecule has 0 unspecified atom stereocenters. The summed E-state index contributed by atoms with van der Waals surface area (Å²) in [4.78, 5) is 22.0. The minimum Gasteiger partial charge on any atom is -0.393 e. The highest BCUT2D eigenvalue weighted by Gasteiger charge is 2.30. The smallest absolute Gasteiger partial charge is 0.225 e. The Morgan fingerprint density at radius 2 is 1.81 bits per heavy atom. The molecule has 1 N–H and O–H groups in total. The number of likely N-dealkylation sites (tertiary alicyclic amines) is 1. The van der Waals surface area contributed by atoms with E-state index in [0.717, 1.165) is 54.2 Å². The monoisotopic (exact) mass is 452 g/mol. The normalized spacial score (nSPS) is 18.5. The predicted octanol–water partition coefficient (Wildman–Crippen LogP) is 4.16. The van der Waals surface area contributed by atoms with Crippen LogP contribution >= 0.6 is 11.6 Å². The van der Waals surface area contributed by atoms with Gasteiger partial charge in [0.15, 0.2) is 0 Å². The molecule has 32 heavy (non-hydrogen) atoms. The molecule has 2 fully saturated rings. The molecule has 2 saturated heterocycles. The van der Waals surface area contributed by atoms with E-state index in [0.29, 0.717) is 31.0 Å². The number of aromatic nitrogens is 2. The van der Waals surface area contributed by atoms with Crippen LogP contribution in [0.15, 0.2) is 42.6 Å². The van der Waals surface area contributed by atoms with E-state index >= 15 is 0 Å². The molecule has 0 spiro atoms. The number of halogens is 1. The van der Waals surface area contributed by atoms with Crippen molar-refractivity contribution in [3.8, 4) is 11.3 Å². The second-order valence-corrected chi connectivity index (χ2v) is 9.36. The van der Waals surface area contributed by atoms with Gasteiger partial charge in [0.05, 0.1) is 16.8 Å². The van der Waals surface area contributed by atoms with Crippen molar-refractivity contribution in [2.75, 3.05) is 31.1 Å². The molecule has 5 rings (SSSR count). The third-order valence-corrected chi connectivity index (χ3v) is 7.29. The lowest BCUT2D eigenvalue weighted by Crippen LogP contribution is -2.46. The Kier molecular flexibility index (Phi) is 5.82. The first-order valence-corrected chi connectivity index (χ1v) is 11.8. The van der Waals surface area contributed by atoms with Crippen molar-refractivity contribution in [3.63, 3.8) is 0 Å². The highest BCUT2D eigenvalue weighted by Crippen LogP contribution is 2.35. The van der Waals surface area contributed by atoms with Crippen molar-refractivity contribution in [2.45, 2.75) is 38.7 Å². The van der Waals surface area contributed by atoms with Crippen LogP contribution in [0, 0.1) is 12.8 Å². The number of fused-ring (bicyclic) bond motifs is 1. The number of aliphatic hydroxyl groups excluding tert-OH is 1. The van der Waals surface area contributed by atoms with Crippen molar-refractivity contribution in [1.82, 2.24) is 14.3 Å². The Morgan fingerprint density at radius 1 is 1.06 bits per heavy atom. The molecule has 7 heteroatoms. The van der Waals surface area contributed by atoms with E-state index in [-0.39, 0.29) is 17.9 Å². The summed E-state index contributed by atoms with van der Waals surface area (Å²) in [6.45, 7) is 5.11. The van der Waals surface area contributed by atoms with Crippen LogP contribution in [0.3, 0.4) is 0 Å². The van der Waals surface area contributed by atoms with Crippen LogP contribution in [0.5, 0.6) is 0 Å². The lowest BCUT2D eigenvalue weighted by molar-refractivity contribution is -0.138.